The Bertz CT molecular complexity index is 1110. The number of hydrogen-bond acceptors (Lipinski definition) is 8. The van der Waals surface area contributed by atoms with Crippen LogP contribution in [0.15, 0.2) is 60.0 Å². The normalized spacial score (nSPS) is 10.9. The number of nitrogens with one attached hydrogen (secondary N) is 1. The third-order valence-electron chi connectivity index (χ3n) is 4.00. The van der Waals surface area contributed by atoms with Crippen molar-refractivity contribution >= 4 is 11.6 Å². The lowest BCUT2D eigenvalue weighted by Gasteiger charge is -2.12. The quantitative estimate of drug-likeness (QED) is 0.335. The smallest absolute Gasteiger partial charge is 0.312 e. The molecule has 9 nitrogen and oxygen atoms in total. The van der Waals surface area contributed by atoms with Crippen LogP contribution in [0, 0.1) is 12.7 Å². The standard InChI is InChI=1S/C21H19FN4O5/c1-13-8-4-6-10-15(13)30-31-21-17(22)20(24-12-25-21)29-16-11-7-5-9-14(16)18(26-28-3)19(27)23-2/h4-12H,1-3H3,(H,23,27). The van der Waals surface area contributed by atoms with E-state index in [0.717, 1.165) is 11.9 Å². The van der Waals surface area contributed by atoms with Gasteiger partial charge in [-0.3, -0.25) is 14.6 Å². The molecule has 1 amide bonds. The van der Waals surface area contributed by atoms with E-state index in [1.807, 2.05) is 19.1 Å². The maximum absolute atomic E-state index is 14.9. The number of halogens is 1. The van der Waals surface area contributed by atoms with Gasteiger partial charge < -0.3 is 14.9 Å². The molecule has 1 aromatic heterocycles. The molecule has 0 fully saturated rings. The molecule has 1 N–H and O–H groups in total. The number of hydrogen-bond donors (Lipinski definition) is 1. The summed E-state index contributed by atoms with van der Waals surface area (Å²) in [6, 6.07) is 13.5. The third kappa shape index (κ3) is 5.04. The first-order valence-electron chi connectivity index (χ1n) is 9.06. The Labute approximate surface area is 177 Å². The minimum absolute atomic E-state index is 0.0607. The zero-order valence-corrected chi connectivity index (χ0v) is 17.0. The SMILES string of the molecule is CNC(=O)C(=NOC)c1ccccc1Oc1ncnc(OOc2ccccc2C)c1F. The Hall–Kier alpha value is -4.21. The molecule has 0 saturated carbocycles. The maximum atomic E-state index is 14.9. The van der Waals surface area contributed by atoms with Crippen LogP contribution in [0.4, 0.5) is 4.39 Å². The number of benzene rings is 2. The number of nitrogens with zero attached hydrogens (tertiary/aromatic N) is 3. The zero-order chi connectivity index (χ0) is 22.2. The van der Waals surface area contributed by atoms with Gasteiger partial charge in [0.2, 0.25) is 0 Å². The first-order chi connectivity index (χ1) is 15.0. The molecule has 0 radical (unpaired) electrons. The Kier molecular flexibility index (Phi) is 6.94. The molecule has 160 valence electrons. The van der Waals surface area contributed by atoms with Crippen LogP contribution >= 0.6 is 0 Å². The molecule has 0 aliphatic rings. The molecule has 0 saturated heterocycles. The molecule has 0 aliphatic carbocycles. The summed E-state index contributed by atoms with van der Waals surface area (Å²) in [6.45, 7) is 1.81. The molecule has 0 spiro atoms. The number of para-hydroxylation sites is 2. The zero-order valence-electron chi connectivity index (χ0n) is 17.0. The van der Waals surface area contributed by atoms with Gasteiger partial charge in [-0.15, -0.1) is 0 Å². The number of aromatic nitrogens is 2. The predicted octanol–water partition coefficient (Wildman–Crippen LogP) is 3.19. The van der Waals surface area contributed by atoms with Crippen molar-refractivity contribution in [3.05, 3.63) is 71.8 Å². The van der Waals surface area contributed by atoms with E-state index in [2.05, 4.69) is 20.4 Å². The average molecular weight is 426 g/mol. The van der Waals surface area contributed by atoms with Gasteiger partial charge in [-0.1, -0.05) is 35.5 Å². The van der Waals surface area contributed by atoms with Crippen molar-refractivity contribution in [2.24, 2.45) is 5.16 Å². The molecule has 3 aromatic rings. The number of ether oxygens (including phenoxy) is 1. The number of aryl methyl sites for hydroxylation is 1. The van der Waals surface area contributed by atoms with Crippen LogP contribution in [-0.2, 0) is 9.63 Å². The van der Waals surface area contributed by atoms with E-state index in [9.17, 15) is 9.18 Å². The van der Waals surface area contributed by atoms with E-state index in [-0.39, 0.29) is 17.0 Å². The molecule has 0 unspecified atom stereocenters. The van der Waals surface area contributed by atoms with Crippen LogP contribution in [0.2, 0.25) is 0 Å². The second kappa shape index (κ2) is 10.0. The Morgan fingerprint density at radius 1 is 1.00 bits per heavy atom. The number of carbonyl (C=O) groups is 1. The predicted molar refractivity (Wildman–Crippen MR) is 109 cm³/mol. The van der Waals surface area contributed by atoms with Gasteiger partial charge in [-0.2, -0.15) is 14.4 Å². The third-order valence-corrected chi connectivity index (χ3v) is 4.00. The number of likely N-dealkylation sites (N-methyl/N-ethyl adjacent to an activating group) is 1. The fraction of sp³-hybridized carbons (Fsp3) is 0.143. The Balaban J connectivity index is 1.87. The largest absolute Gasteiger partial charge is 0.436 e. The van der Waals surface area contributed by atoms with Gasteiger partial charge in [0.05, 0.1) is 5.56 Å². The first kappa shape index (κ1) is 21.5. The summed E-state index contributed by atoms with van der Waals surface area (Å²) < 4.78 is 20.5. The van der Waals surface area contributed by atoms with Gasteiger partial charge in [0.15, 0.2) is 11.5 Å². The van der Waals surface area contributed by atoms with Gasteiger partial charge in [0, 0.05) is 7.05 Å². The van der Waals surface area contributed by atoms with Crippen molar-refractivity contribution in [2.45, 2.75) is 6.92 Å². The van der Waals surface area contributed by atoms with Crippen LogP contribution in [0.5, 0.6) is 23.3 Å². The summed E-state index contributed by atoms with van der Waals surface area (Å²) in [5.41, 5.74) is 0.997. The molecule has 2 aromatic carbocycles. The van der Waals surface area contributed by atoms with Crippen molar-refractivity contribution in [3.8, 4) is 23.3 Å². The van der Waals surface area contributed by atoms with Gasteiger partial charge in [0.1, 0.15) is 19.2 Å². The van der Waals surface area contributed by atoms with E-state index in [4.69, 9.17) is 19.3 Å². The lowest BCUT2D eigenvalue weighted by Crippen LogP contribution is -2.28. The van der Waals surface area contributed by atoms with E-state index in [1.54, 1.807) is 30.3 Å². The summed E-state index contributed by atoms with van der Waals surface area (Å²) in [5, 5.41) is 6.19. The van der Waals surface area contributed by atoms with Gasteiger partial charge in [-0.25, -0.2) is 0 Å². The second-order valence-corrected chi connectivity index (χ2v) is 6.03. The summed E-state index contributed by atoms with van der Waals surface area (Å²) in [7, 11) is 2.74. The molecule has 0 atom stereocenters. The topological polar surface area (TPSA) is 104 Å². The maximum Gasteiger partial charge on any atom is 0.312 e. The molecular weight excluding hydrogens is 407 g/mol. The number of carbonyl (C=O) groups excluding carboxylic acids is 1. The number of oxime groups is 1. The van der Waals surface area contributed by atoms with Crippen molar-refractivity contribution < 1.29 is 28.5 Å². The fourth-order valence-corrected chi connectivity index (χ4v) is 2.48. The minimum Gasteiger partial charge on any atom is -0.436 e. The highest BCUT2D eigenvalue weighted by molar-refractivity contribution is 6.45. The van der Waals surface area contributed by atoms with Crippen LogP contribution in [-0.4, -0.2) is 35.7 Å². The van der Waals surface area contributed by atoms with Crippen LogP contribution in [0.1, 0.15) is 11.1 Å². The summed E-state index contributed by atoms with van der Waals surface area (Å²) in [6.07, 6.45) is 1.06. The highest BCUT2D eigenvalue weighted by Crippen LogP contribution is 2.30. The second-order valence-electron chi connectivity index (χ2n) is 6.03. The first-order valence-corrected chi connectivity index (χ1v) is 9.06. The summed E-state index contributed by atoms with van der Waals surface area (Å²) >= 11 is 0. The Morgan fingerprint density at radius 2 is 1.68 bits per heavy atom. The van der Waals surface area contributed by atoms with Crippen molar-refractivity contribution in [1.29, 1.82) is 0 Å². The average Bonchev–Trinajstić information content (AvgIpc) is 2.79. The van der Waals surface area contributed by atoms with E-state index >= 15 is 0 Å². The van der Waals surface area contributed by atoms with Crippen molar-refractivity contribution in [2.75, 3.05) is 14.2 Å². The fourth-order valence-electron chi connectivity index (χ4n) is 2.48. The molecule has 0 bridgehead atoms. The highest BCUT2D eigenvalue weighted by atomic mass is 19.1. The lowest BCUT2D eigenvalue weighted by atomic mass is 10.1. The molecule has 1 heterocycles. The Morgan fingerprint density at radius 3 is 2.39 bits per heavy atom. The van der Waals surface area contributed by atoms with E-state index in [0.29, 0.717) is 5.75 Å². The molecule has 3 rings (SSSR count). The summed E-state index contributed by atoms with van der Waals surface area (Å²) in [5.74, 6) is -1.89. The number of rotatable bonds is 8. The van der Waals surface area contributed by atoms with E-state index in [1.165, 1.54) is 20.2 Å². The monoisotopic (exact) mass is 426 g/mol. The molecular formula is C21H19FN4O5. The van der Waals surface area contributed by atoms with Crippen molar-refractivity contribution in [1.82, 2.24) is 15.3 Å². The number of amides is 1. The van der Waals surface area contributed by atoms with Crippen LogP contribution in [0.25, 0.3) is 0 Å². The molecule has 0 aliphatic heterocycles. The molecule has 10 heteroatoms. The van der Waals surface area contributed by atoms with Gasteiger partial charge >= 0.3 is 5.88 Å². The van der Waals surface area contributed by atoms with E-state index < -0.39 is 23.5 Å². The lowest BCUT2D eigenvalue weighted by molar-refractivity contribution is -0.114. The highest BCUT2D eigenvalue weighted by Gasteiger charge is 2.22. The minimum atomic E-state index is -0.990. The van der Waals surface area contributed by atoms with Crippen LogP contribution in [0.3, 0.4) is 0 Å². The molecule has 31 heavy (non-hydrogen) atoms. The summed E-state index contributed by atoms with van der Waals surface area (Å²) in [4.78, 5) is 34.7. The van der Waals surface area contributed by atoms with Gasteiger partial charge in [0.25, 0.3) is 17.6 Å². The van der Waals surface area contributed by atoms with Crippen molar-refractivity contribution in [3.63, 3.8) is 0 Å². The van der Waals surface area contributed by atoms with Crippen LogP contribution < -0.4 is 19.8 Å². The van der Waals surface area contributed by atoms with Gasteiger partial charge in [-0.05, 0) is 30.7 Å².